The maximum atomic E-state index is 11.1. The summed E-state index contributed by atoms with van der Waals surface area (Å²) in [5.41, 5.74) is 6.53. The Morgan fingerprint density at radius 1 is 0.667 bits per heavy atom. The molecule has 0 fully saturated rings. The molecule has 0 bridgehead atoms. The molecule has 2 N–H and O–H groups in total. The van der Waals surface area contributed by atoms with Gasteiger partial charge in [-0.15, -0.1) is 12.4 Å². The van der Waals surface area contributed by atoms with E-state index >= 15 is 0 Å². The van der Waals surface area contributed by atoms with Gasteiger partial charge < -0.3 is 10.1 Å². The molecule has 3 aromatic carbocycles. The molecule has 1 aromatic heterocycles. The number of imidazole rings is 1. The third-order valence-electron chi connectivity index (χ3n) is 5.81. The number of aromatic amines is 1. The molecule has 33 heavy (non-hydrogen) atoms. The minimum atomic E-state index is -0.197. The molecule has 0 spiro atoms. The van der Waals surface area contributed by atoms with Gasteiger partial charge in [0.2, 0.25) is 0 Å². The number of phenols is 1. The van der Waals surface area contributed by atoms with Gasteiger partial charge in [-0.3, -0.25) is 0 Å². The summed E-state index contributed by atoms with van der Waals surface area (Å²) < 4.78 is 0. The quantitative estimate of drug-likeness (QED) is 0.324. The molecule has 1 heterocycles. The zero-order valence-corrected chi connectivity index (χ0v) is 21.0. The van der Waals surface area contributed by atoms with Crippen LogP contribution in [0.4, 0.5) is 0 Å². The van der Waals surface area contributed by atoms with E-state index < -0.39 is 0 Å². The van der Waals surface area contributed by atoms with Gasteiger partial charge in [0.15, 0.2) is 0 Å². The summed E-state index contributed by atoms with van der Waals surface area (Å²) in [7, 11) is 0. The lowest BCUT2D eigenvalue weighted by Crippen LogP contribution is -2.17. The van der Waals surface area contributed by atoms with Gasteiger partial charge in [-0.2, -0.15) is 0 Å². The van der Waals surface area contributed by atoms with Crippen LogP contribution in [-0.4, -0.2) is 15.1 Å². The number of rotatable bonds is 3. The summed E-state index contributed by atoms with van der Waals surface area (Å²) in [6.45, 7) is 12.8. The van der Waals surface area contributed by atoms with Gasteiger partial charge in [-0.05, 0) is 23.0 Å². The Labute approximate surface area is 203 Å². The average molecular weight is 461 g/mol. The maximum Gasteiger partial charge on any atom is 0.138 e. The van der Waals surface area contributed by atoms with E-state index in [1.165, 1.54) is 0 Å². The first-order valence-electron chi connectivity index (χ1n) is 11.1. The predicted molar refractivity (Wildman–Crippen MR) is 141 cm³/mol. The SMILES string of the molecule is CC(C)(C)c1cc(-c2nc(-c3ccccc3)c(-c3ccccc3)[nH]2)cc(C(C)(C)C)c1O.Cl. The minimum Gasteiger partial charge on any atom is -0.507 e. The van der Waals surface area contributed by atoms with Crippen LogP contribution in [-0.2, 0) is 10.8 Å². The molecular formula is C29H33ClN2O. The largest absolute Gasteiger partial charge is 0.507 e. The smallest absolute Gasteiger partial charge is 0.138 e. The first-order valence-corrected chi connectivity index (χ1v) is 11.1. The fourth-order valence-electron chi connectivity index (χ4n) is 4.04. The van der Waals surface area contributed by atoms with Crippen molar-refractivity contribution in [3.8, 4) is 39.7 Å². The highest BCUT2D eigenvalue weighted by Gasteiger charge is 2.27. The lowest BCUT2D eigenvalue weighted by molar-refractivity contribution is 0.423. The first kappa shape index (κ1) is 24.6. The number of hydrogen-bond acceptors (Lipinski definition) is 2. The lowest BCUT2D eigenvalue weighted by atomic mass is 9.78. The number of aromatic nitrogens is 2. The van der Waals surface area contributed by atoms with E-state index in [1.807, 2.05) is 36.4 Å². The molecule has 4 heteroatoms. The van der Waals surface area contributed by atoms with Gasteiger partial charge >= 0.3 is 0 Å². The second-order valence-corrected chi connectivity index (χ2v) is 10.5. The molecule has 4 rings (SSSR count). The molecule has 0 atom stereocenters. The van der Waals surface area contributed by atoms with Crippen molar-refractivity contribution >= 4 is 12.4 Å². The van der Waals surface area contributed by atoms with E-state index in [1.54, 1.807) is 0 Å². The molecule has 0 aliphatic heterocycles. The van der Waals surface area contributed by atoms with Crippen LogP contribution in [0.3, 0.4) is 0 Å². The highest BCUT2D eigenvalue weighted by molar-refractivity contribution is 5.85. The van der Waals surface area contributed by atoms with Crippen molar-refractivity contribution in [2.75, 3.05) is 0 Å². The molecule has 0 saturated carbocycles. The van der Waals surface area contributed by atoms with Crippen LogP contribution in [0, 0.1) is 0 Å². The molecule has 0 aliphatic rings. The molecule has 4 aromatic rings. The average Bonchev–Trinajstić information content (AvgIpc) is 3.19. The summed E-state index contributed by atoms with van der Waals surface area (Å²) in [4.78, 5) is 8.66. The van der Waals surface area contributed by atoms with Crippen molar-refractivity contribution in [1.82, 2.24) is 9.97 Å². The standard InChI is InChI=1S/C29H32N2O.ClH/c1-28(2,3)22-17-21(18-23(26(22)32)29(4,5)6)27-30-24(19-13-9-7-10-14-19)25(31-27)20-15-11-8-12-16-20;/h7-18,32H,1-6H3,(H,30,31);1H. The van der Waals surface area contributed by atoms with Crippen LogP contribution < -0.4 is 0 Å². The fraction of sp³-hybridized carbons (Fsp3) is 0.276. The van der Waals surface area contributed by atoms with Gasteiger partial charge in [0, 0.05) is 27.8 Å². The van der Waals surface area contributed by atoms with E-state index in [9.17, 15) is 5.11 Å². The van der Waals surface area contributed by atoms with Crippen LogP contribution in [0.1, 0.15) is 52.7 Å². The molecule has 0 saturated heterocycles. The van der Waals surface area contributed by atoms with Crippen molar-refractivity contribution < 1.29 is 5.11 Å². The molecule has 3 nitrogen and oxygen atoms in total. The molecule has 0 amide bonds. The number of H-pyrrole nitrogens is 1. The monoisotopic (exact) mass is 460 g/mol. The number of hydrogen-bond donors (Lipinski definition) is 2. The maximum absolute atomic E-state index is 11.1. The number of halogens is 1. The second kappa shape index (κ2) is 9.07. The number of benzene rings is 3. The Morgan fingerprint density at radius 3 is 1.58 bits per heavy atom. The van der Waals surface area contributed by atoms with E-state index in [-0.39, 0.29) is 23.2 Å². The van der Waals surface area contributed by atoms with Gasteiger partial charge in [-0.1, -0.05) is 102 Å². The van der Waals surface area contributed by atoms with Crippen LogP contribution in [0.25, 0.3) is 33.9 Å². The van der Waals surface area contributed by atoms with E-state index in [0.717, 1.165) is 45.0 Å². The van der Waals surface area contributed by atoms with Crippen molar-refractivity contribution in [2.45, 2.75) is 52.4 Å². The van der Waals surface area contributed by atoms with E-state index in [4.69, 9.17) is 4.98 Å². The highest BCUT2D eigenvalue weighted by Crippen LogP contribution is 2.42. The third kappa shape index (κ3) is 4.99. The summed E-state index contributed by atoms with van der Waals surface area (Å²) in [5.74, 6) is 1.19. The molecule has 0 unspecified atom stereocenters. The summed E-state index contributed by atoms with van der Waals surface area (Å²) in [6.07, 6.45) is 0. The van der Waals surface area contributed by atoms with Gasteiger partial charge in [0.05, 0.1) is 11.4 Å². The zero-order valence-electron chi connectivity index (χ0n) is 20.2. The van der Waals surface area contributed by atoms with Crippen molar-refractivity contribution in [3.63, 3.8) is 0 Å². The summed E-state index contributed by atoms with van der Waals surface area (Å²) in [5, 5.41) is 11.1. The van der Waals surface area contributed by atoms with Crippen LogP contribution in [0.15, 0.2) is 72.8 Å². The summed E-state index contributed by atoms with van der Waals surface area (Å²) >= 11 is 0. The number of nitrogens with one attached hydrogen (secondary N) is 1. The van der Waals surface area contributed by atoms with Crippen molar-refractivity contribution in [2.24, 2.45) is 0 Å². The minimum absolute atomic E-state index is 0. The number of phenolic OH excluding ortho intramolecular Hbond substituents is 1. The van der Waals surface area contributed by atoms with Crippen LogP contribution in [0.5, 0.6) is 5.75 Å². The van der Waals surface area contributed by atoms with Gasteiger partial charge in [0.25, 0.3) is 0 Å². The van der Waals surface area contributed by atoms with E-state index in [0.29, 0.717) is 5.75 Å². The Kier molecular flexibility index (Phi) is 6.76. The normalized spacial score (nSPS) is 11.8. The van der Waals surface area contributed by atoms with Crippen LogP contribution >= 0.6 is 12.4 Å². The third-order valence-corrected chi connectivity index (χ3v) is 5.81. The van der Waals surface area contributed by atoms with E-state index in [2.05, 4.69) is 82.9 Å². The Balaban J connectivity index is 0.00000306. The number of nitrogens with zero attached hydrogens (tertiary/aromatic N) is 1. The Hall–Kier alpha value is -3.04. The highest BCUT2D eigenvalue weighted by atomic mass is 35.5. The second-order valence-electron chi connectivity index (χ2n) is 10.5. The van der Waals surface area contributed by atoms with Crippen LogP contribution in [0.2, 0.25) is 0 Å². The lowest BCUT2D eigenvalue weighted by Gasteiger charge is -2.28. The molecule has 0 aliphatic carbocycles. The topological polar surface area (TPSA) is 48.9 Å². The van der Waals surface area contributed by atoms with Crippen molar-refractivity contribution in [3.05, 3.63) is 83.9 Å². The van der Waals surface area contributed by atoms with Gasteiger partial charge in [-0.25, -0.2) is 4.98 Å². The molecule has 0 radical (unpaired) electrons. The summed E-state index contributed by atoms with van der Waals surface area (Å²) in [6, 6.07) is 24.7. The van der Waals surface area contributed by atoms with Crippen molar-refractivity contribution in [1.29, 1.82) is 0 Å². The molecule has 172 valence electrons. The number of aromatic hydroxyl groups is 1. The fourth-order valence-corrected chi connectivity index (χ4v) is 4.04. The Morgan fingerprint density at radius 2 is 1.12 bits per heavy atom. The van der Waals surface area contributed by atoms with Gasteiger partial charge in [0.1, 0.15) is 11.6 Å². The first-order chi connectivity index (χ1) is 15.1. The Bertz CT molecular complexity index is 1140. The zero-order chi connectivity index (χ0) is 23.1. The predicted octanol–water partition coefficient (Wildman–Crippen LogP) is 8.13. The molecular weight excluding hydrogens is 428 g/mol.